The topological polar surface area (TPSA) is 76.4 Å². The van der Waals surface area contributed by atoms with E-state index in [1.54, 1.807) is 11.8 Å². The molecular weight excluding hydrogens is 248 g/mol. The van der Waals surface area contributed by atoms with Crippen LogP contribution >= 0.6 is 11.8 Å². The van der Waals surface area contributed by atoms with Crippen molar-refractivity contribution < 1.29 is 5.21 Å². The highest BCUT2D eigenvalue weighted by Crippen LogP contribution is 2.32. The van der Waals surface area contributed by atoms with Gasteiger partial charge in [0.05, 0.1) is 11.3 Å². The lowest BCUT2D eigenvalue weighted by molar-refractivity contribution is 0.318. The molecule has 0 radical (unpaired) electrons. The Labute approximate surface area is 111 Å². The molecule has 2 rings (SSSR count). The molecule has 6 heteroatoms. The highest BCUT2D eigenvalue weighted by atomic mass is 32.2. The van der Waals surface area contributed by atoms with E-state index in [-0.39, 0.29) is 5.84 Å². The van der Waals surface area contributed by atoms with E-state index >= 15 is 0 Å². The SMILES string of the molecule is Cc1nn(C)c(SCC2CCCC2)c1C(N)=NO. The van der Waals surface area contributed by atoms with Gasteiger partial charge in [0.1, 0.15) is 5.03 Å². The molecule has 0 unspecified atom stereocenters. The standard InChI is InChI=1S/C12H20N4OS/c1-8-10(11(13)15-17)12(16(2)14-8)18-7-9-5-3-4-6-9/h9,17H,3-7H2,1-2H3,(H2,13,15). The van der Waals surface area contributed by atoms with Crippen molar-refractivity contribution in [1.29, 1.82) is 0 Å². The number of oxime groups is 1. The van der Waals surface area contributed by atoms with Crippen LogP contribution in [0.4, 0.5) is 0 Å². The number of nitrogens with zero attached hydrogens (tertiary/aromatic N) is 3. The summed E-state index contributed by atoms with van der Waals surface area (Å²) in [6.45, 7) is 1.88. The fourth-order valence-electron chi connectivity index (χ4n) is 2.52. The van der Waals surface area contributed by atoms with Gasteiger partial charge in [0.25, 0.3) is 0 Å². The van der Waals surface area contributed by atoms with E-state index < -0.39 is 0 Å². The minimum Gasteiger partial charge on any atom is -0.409 e. The van der Waals surface area contributed by atoms with Gasteiger partial charge >= 0.3 is 0 Å². The van der Waals surface area contributed by atoms with E-state index in [0.29, 0.717) is 0 Å². The van der Waals surface area contributed by atoms with Gasteiger partial charge < -0.3 is 10.9 Å². The molecule has 0 aliphatic heterocycles. The molecule has 1 fully saturated rings. The Morgan fingerprint density at radius 2 is 2.22 bits per heavy atom. The van der Waals surface area contributed by atoms with Crippen molar-refractivity contribution in [3.8, 4) is 0 Å². The Bertz CT molecular complexity index is 449. The normalized spacial score (nSPS) is 17.6. The molecular formula is C12H20N4OS. The van der Waals surface area contributed by atoms with E-state index in [4.69, 9.17) is 10.9 Å². The summed E-state index contributed by atoms with van der Waals surface area (Å²) in [4.78, 5) is 0. The maximum absolute atomic E-state index is 8.84. The molecule has 0 saturated heterocycles. The van der Waals surface area contributed by atoms with Gasteiger partial charge in [-0.2, -0.15) is 5.10 Å². The first-order valence-electron chi connectivity index (χ1n) is 6.27. The average Bonchev–Trinajstić information content (AvgIpc) is 2.94. The van der Waals surface area contributed by atoms with Gasteiger partial charge in [-0.25, -0.2) is 0 Å². The fraction of sp³-hybridized carbons (Fsp3) is 0.667. The highest BCUT2D eigenvalue weighted by molar-refractivity contribution is 7.99. The van der Waals surface area contributed by atoms with Crippen LogP contribution in [0.2, 0.25) is 0 Å². The maximum Gasteiger partial charge on any atom is 0.174 e. The second kappa shape index (κ2) is 5.65. The van der Waals surface area contributed by atoms with E-state index in [1.165, 1.54) is 25.7 Å². The number of aromatic nitrogens is 2. The first-order valence-corrected chi connectivity index (χ1v) is 7.26. The van der Waals surface area contributed by atoms with Crippen molar-refractivity contribution in [3.63, 3.8) is 0 Å². The van der Waals surface area contributed by atoms with Crippen LogP contribution in [0, 0.1) is 12.8 Å². The quantitative estimate of drug-likeness (QED) is 0.288. The molecule has 1 aliphatic carbocycles. The minimum absolute atomic E-state index is 0.148. The Hall–Kier alpha value is -1.17. The van der Waals surface area contributed by atoms with E-state index in [2.05, 4.69) is 10.3 Å². The summed E-state index contributed by atoms with van der Waals surface area (Å²) in [7, 11) is 1.90. The second-order valence-electron chi connectivity index (χ2n) is 4.84. The monoisotopic (exact) mass is 268 g/mol. The lowest BCUT2D eigenvalue weighted by Crippen LogP contribution is -2.15. The lowest BCUT2D eigenvalue weighted by atomic mass is 10.1. The first-order chi connectivity index (χ1) is 8.63. The van der Waals surface area contributed by atoms with Gasteiger partial charge in [0.15, 0.2) is 5.84 Å². The number of thioether (sulfide) groups is 1. The predicted molar refractivity (Wildman–Crippen MR) is 73.1 cm³/mol. The van der Waals surface area contributed by atoms with Gasteiger partial charge in [0.2, 0.25) is 0 Å². The third kappa shape index (κ3) is 2.63. The van der Waals surface area contributed by atoms with Gasteiger partial charge in [0, 0.05) is 12.8 Å². The molecule has 0 bridgehead atoms. The molecule has 0 amide bonds. The third-order valence-electron chi connectivity index (χ3n) is 3.46. The van der Waals surface area contributed by atoms with E-state index in [1.807, 2.05) is 18.7 Å². The molecule has 0 spiro atoms. The van der Waals surface area contributed by atoms with Crippen LogP contribution in [-0.4, -0.2) is 26.6 Å². The maximum atomic E-state index is 8.84. The molecule has 18 heavy (non-hydrogen) atoms. The van der Waals surface area contributed by atoms with Crippen LogP contribution in [0.3, 0.4) is 0 Å². The number of aryl methyl sites for hydroxylation is 2. The zero-order valence-electron chi connectivity index (χ0n) is 10.9. The highest BCUT2D eigenvalue weighted by Gasteiger charge is 2.20. The van der Waals surface area contributed by atoms with Crippen LogP contribution in [0.1, 0.15) is 36.9 Å². The molecule has 1 aromatic heterocycles. The van der Waals surface area contributed by atoms with Crippen molar-refractivity contribution in [2.45, 2.75) is 37.6 Å². The van der Waals surface area contributed by atoms with Crippen LogP contribution < -0.4 is 5.73 Å². The summed E-state index contributed by atoms with van der Waals surface area (Å²) in [5, 5.41) is 17.3. The summed E-state index contributed by atoms with van der Waals surface area (Å²) >= 11 is 1.76. The van der Waals surface area contributed by atoms with Crippen LogP contribution in [0.5, 0.6) is 0 Å². The van der Waals surface area contributed by atoms with Gasteiger partial charge in [-0.05, 0) is 25.7 Å². The number of nitrogens with two attached hydrogens (primary N) is 1. The zero-order valence-corrected chi connectivity index (χ0v) is 11.7. The van der Waals surface area contributed by atoms with Gasteiger partial charge in [-0.1, -0.05) is 18.0 Å². The number of hydrogen-bond acceptors (Lipinski definition) is 4. The number of hydrogen-bond donors (Lipinski definition) is 2. The molecule has 100 valence electrons. The predicted octanol–water partition coefficient (Wildman–Crippen LogP) is 2.11. The van der Waals surface area contributed by atoms with Gasteiger partial charge in [-0.3, -0.25) is 4.68 Å². The summed E-state index contributed by atoms with van der Waals surface area (Å²) in [6.07, 6.45) is 5.34. The number of rotatable bonds is 4. The smallest absolute Gasteiger partial charge is 0.174 e. The summed E-state index contributed by atoms with van der Waals surface area (Å²) < 4.78 is 1.82. The van der Waals surface area contributed by atoms with Crippen LogP contribution in [0.25, 0.3) is 0 Å². The second-order valence-corrected chi connectivity index (χ2v) is 5.84. The Kier molecular flexibility index (Phi) is 4.16. The molecule has 1 aliphatic rings. The van der Waals surface area contributed by atoms with Crippen LogP contribution in [-0.2, 0) is 7.05 Å². The zero-order chi connectivity index (χ0) is 13.1. The molecule has 1 saturated carbocycles. The molecule has 1 aromatic rings. The first kappa shape index (κ1) is 13.3. The number of amidine groups is 1. The fourth-order valence-corrected chi connectivity index (χ4v) is 3.87. The molecule has 3 N–H and O–H groups in total. The van der Waals surface area contributed by atoms with Crippen molar-refractivity contribution in [2.24, 2.45) is 23.9 Å². The van der Waals surface area contributed by atoms with Crippen molar-refractivity contribution >= 4 is 17.6 Å². The lowest BCUT2D eigenvalue weighted by Gasteiger charge is -2.09. The van der Waals surface area contributed by atoms with Crippen molar-refractivity contribution in [2.75, 3.05) is 5.75 Å². The Morgan fingerprint density at radius 1 is 1.56 bits per heavy atom. The Balaban J connectivity index is 2.15. The molecule has 0 atom stereocenters. The van der Waals surface area contributed by atoms with Crippen molar-refractivity contribution in [3.05, 3.63) is 11.3 Å². The third-order valence-corrected chi connectivity index (χ3v) is 4.84. The van der Waals surface area contributed by atoms with E-state index in [9.17, 15) is 0 Å². The van der Waals surface area contributed by atoms with E-state index in [0.717, 1.165) is 28.0 Å². The summed E-state index contributed by atoms with van der Waals surface area (Å²) in [5.74, 6) is 2.03. The molecule has 5 nitrogen and oxygen atoms in total. The largest absolute Gasteiger partial charge is 0.409 e. The summed E-state index contributed by atoms with van der Waals surface area (Å²) in [6, 6.07) is 0. The molecule has 1 heterocycles. The van der Waals surface area contributed by atoms with Gasteiger partial charge in [-0.15, -0.1) is 11.8 Å². The van der Waals surface area contributed by atoms with Crippen LogP contribution in [0.15, 0.2) is 10.2 Å². The minimum atomic E-state index is 0.148. The Morgan fingerprint density at radius 3 is 2.83 bits per heavy atom. The average molecular weight is 268 g/mol. The molecule has 0 aromatic carbocycles. The van der Waals surface area contributed by atoms with Crippen molar-refractivity contribution in [1.82, 2.24) is 9.78 Å². The summed E-state index contributed by atoms with van der Waals surface area (Å²) in [5.41, 5.74) is 7.30.